The molecule has 96 valence electrons. The van der Waals surface area contributed by atoms with Gasteiger partial charge < -0.3 is 15.8 Å². The first-order valence-corrected chi connectivity index (χ1v) is 6.87. The standard InChI is InChI=1S/C14H18N2OS/c1-3-17-13-7-11(15)6-12(8-13)16-9-14-10(2)4-5-18-14/h4-8,16H,3,9,15H2,1-2H3. The van der Waals surface area contributed by atoms with Gasteiger partial charge in [0.1, 0.15) is 5.75 Å². The van der Waals surface area contributed by atoms with Crippen LogP contribution in [0.4, 0.5) is 11.4 Å². The zero-order valence-electron chi connectivity index (χ0n) is 10.7. The van der Waals surface area contributed by atoms with Crippen LogP contribution in [0.1, 0.15) is 17.4 Å². The van der Waals surface area contributed by atoms with Gasteiger partial charge in [-0.2, -0.15) is 0 Å². The molecule has 0 aliphatic carbocycles. The van der Waals surface area contributed by atoms with Crippen molar-refractivity contribution < 1.29 is 4.74 Å². The normalized spacial score (nSPS) is 10.3. The van der Waals surface area contributed by atoms with Gasteiger partial charge in [-0.3, -0.25) is 0 Å². The van der Waals surface area contributed by atoms with Crippen LogP contribution in [0.2, 0.25) is 0 Å². The topological polar surface area (TPSA) is 47.3 Å². The zero-order valence-corrected chi connectivity index (χ0v) is 11.5. The number of nitrogens with two attached hydrogens (primary N) is 1. The molecule has 0 aliphatic rings. The van der Waals surface area contributed by atoms with E-state index in [2.05, 4.69) is 23.7 Å². The summed E-state index contributed by atoms with van der Waals surface area (Å²) in [6.45, 7) is 5.55. The zero-order chi connectivity index (χ0) is 13.0. The number of nitrogen functional groups attached to an aromatic ring is 1. The van der Waals surface area contributed by atoms with Crippen LogP contribution in [0, 0.1) is 6.92 Å². The third kappa shape index (κ3) is 3.17. The molecule has 3 N–H and O–H groups in total. The number of rotatable bonds is 5. The lowest BCUT2D eigenvalue weighted by atomic mass is 10.2. The van der Waals surface area contributed by atoms with E-state index in [1.807, 2.05) is 25.1 Å². The second-order valence-corrected chi connectivity index (χ2v) is 5.10. The van der Waals surface area contributed by atoms with Crippen LogP contribution in [0.25, 0.3) is 0 Å². The number of hydrogen-bond donors (Lipinski definition) is 2. The Labute approximate surface area is 112 Å². The van der Waals surface area contributed by atoms with Crippen molar-refractivity contribution in [1.29, 1.82) is 0 Å². The molecular weight excluding hydrogens is 244 g/mol. The summed E-state index contributed by atoms with van der Waals surface area (Å²) >= 11 is 1.76. The molecule has 0 bridgehead atoms. The highest BCUT2D eigenvalue weighted by molar-refractivity contribution is 7.10. The molecule has 0 saturated heterocycles. The molecule has 0 spiro atoms. The van der Waals surface area contributed by atoms with Gasteiger partial charge in [-0.15, -0.1) is 11.3 Å². The molecule has 0 atom stereocenters. The summed E-state index contributed by atoms with van der Waals surface area (Å²) in [4.78, 5) is 1.34. The van der Waals surface area contributed by atoms with Crippen molar-refractivity contribution in [2.45, 2.75) is 20.4 Å². The van der Waals surface area contributed by atoms with Gasteiger partial charge in [-0.25, -0.2) is 0 Å². The Hall–Kier alpha value is -1.68. The summed E-state index contributed by atoms with van der Waals surface area (Å²) in [5.41, 5.74) is 8.88. The van der Waals surface area contributed by atoms with Crippen molar-refractivity contribution in [1.82, 2.24) is 0 Å². The molecular formula is C14H18N2OS. The van der Waals surface area contributed by atoms with E-state index in [0.717, 1.165) is 18.0 Å². The molecule has 2 aromatic rings. The number of anilines is 2. The molecule has 0 saturated carbocycles. The maximum atomic E-state index is 5.85. The van der Waals surface area contributed by atoms with E-state index in [1.54, 1.807) is 11.3 Å². The molecule has 0 aliphatic heterocycles. The fourth-order valence-electron chi connectivity index (χ4n) is 1.74. The highest BCUT2D eigenvalue weighted by Crippen LogP contribution is 2.24. The summed E-state index contributed by atoms with van der Waals surface area (Å²) in [7, 11) is 0. The van der Waals surface area contributed by atoms with Crippen molar-refractivity contribution in [2.24, 2.45) is 0 Å². The Bertz CT molecular complexity index is 522. The summed E-state index contributed by atoms with van der Waals surface area (Å²) in [5.74, 6) is 0.808. The first-order chi connectivity index (χ1) is 8.69. The molecule has 0 unspecified atom stereocenters. The molecule has 18 heavy (non-hydrogen) atoms. The lowest BCUT2D eigenvalue weighted by molar-refractivity contribution is 0.340. The smallest absolute Gasteiger partial charge is 0.123 e. The van der Waals surface area contributed by atoms with Gasteiger partial charge in [0.2, 0.25) is 0 Å². The van der Waals surface area contributed by atoms with E-state index in [4.69, 9.17) is 10.5 Å². The minimum Gasteiger partial charge on any atom is -0.494 e. The van der Waals surface area contributed by atoms with Gasteiger partial charge in [0, 0.05) is 34.9 Å². The minimum absolute atomic E-state index is 0.646. The molecule has 1 heterocycles. The fourth-order valence-corrected chi connectivity index (χ4v) is 2.59. The van der Waals surface area contributed by atoms with Gasteiger partial charge in [0.25, 0.3) is 0 Å². The average molecular weight is 262 g/mol. The molecule has 0 radical (unpaired) electrons. The maximum Gasteiger partial charge on any atom is 0.123 e. The number of hydrogen-bond acceptors (Lipinski definition) is 4. The third-order valence-electron chi connectivity index (χ3n) is 2.66. The first-order valence-electron chi connectivity index (χ1n) is 5.99. The van der Waals surface area contributed by atoms with E-state index in [9.17, 15) is 0 Å². The molecule has 0 amide bonds. The Kier molecular flexibility index (Phi) is 4.10. The van der Waals surface area contributed by atoms with Gasteiger partial charge in [-0.05, 0) is 36.9 Å². The van der Waals surface area contributed by atoms with Crippen LogP contribution in [-0.2, 0) is 6.54 Å². The minimum atomic E-state index is 0.646. The first kappa shape index (κ1) is 12.8. The summed E-state index contributed by atoms with van der Waals surface area (Å²) in [6, 6.07) is 7.87. The number of aryl methyl sites for hydroxylation is 1. The van der Waals surface area contributed by atoms with E-state index < -0.39 is 0 Å². The van der Waals surface area contributed by atoms with Gasteiger partial charge in [0.15, 0.2) is 0 Å². The van der Waals surface area contributed by atoms with Crippen molar-refractivity contribution in [3.05, 3.63) is 40.1 Å². The van der Waals surface area contributed by atoms with Crippen molar-refractivity contribution in [3.63, 3.8) is 0 Å². The van der Waals surface area contributed by atoms with E-state index in [1.165, 1.54) is 10.4 Å². The number of ether oxygens (including phenoxy) is 1. The number of nitrogens with one attached hydrogen (secondary N) is 1. The molecule has 2 rings (SSSR count). The van der Waals surface area contributed by atoms with E-state index >= 15 is 0 Å². The van der Waals surface area contributed by atoms with E-state index in [0.29, 0.717) is 12.3 Å². The lowest BCUT2D eigenvalue weighted by Crippen LogP contribution is -2.01. The second kappa shape index (κ2) is 5.78. The van der Waals surface area contributed by atoms with E-state index in [-0.39, 0.29) is 0 Å². The highest BCUT2D eigenvalue weighted by Gasteiger charge is 2.02. The van der Waals surface area contributed by atoms with Crippen molar-refractivity contribution in [3.8, 4) is 5.75 Å². The third-order valence-corrected chi connectivity index (χ3v) is 3.68. The quantitative estimate of drug-likeness (QED) is 0.809. The SMILES string of the molecule is CCOc1cc(N)cc(NCc2sccc2C)c1. The Morgan fingerprint density at radius 3 is 2.83 bits per heavy atom. The predicted octanol–water partition coefficient (Wildman–Crippen LogP) is 3.65. The number of thiophene rings is 1. The van der Waals surface area contributed by atoms with Crippen LogP contribution in [-0.4, -0.2) is 6.61 Å². The summed E-state index contributed by atoms with van der Waals surface area (Å²) in [5, 5.41) is 5.49. The Morgan fingerprint density at radius 2 is 2.17 bits per heavy atom. The van der Waals surface area contributed by atoms with Crippen molar-refractivity contribution in [2.75, 3.05) is 17.7 Å². The Morgan fingerprint density at radius 1 is 1.33 bits per heavy atom. The highest BCUT2D eigenvalue weighted by atomic mass is 32.1. The van der Waals surface area contributed by atoms with Crippen LogP contribution in [0.15, 0.2) is 29.6 Å². The second-order valence-electron chi connectivity index (χ2n) is 4.10. The van der Waals surface area contributed by atoms with Crippen LogP contribution in [0.5, 0.6) is 5.75 Å². The van der Waals surface area contributed by atoms with Crippen LogP contribution < -0.4 is 15.8 Å². The largest absolute Gasteiger partial charge is 0.494 e. The summed E-state index contributed by atoms with van der Waals surface area (Å²) < 4.78 is 5.47. The predicted molar refractivity (Wildman–Crippen MR) is 78.4 cm³/mol. The van der Waals surface area contributed by atoms with Crippen molar-refractivity contribution >= 4 is 22.7 Å². The fraction of sp³-hybridized carbons (Fsp3) is 0.286. The van der Waals surface area contributed by atoms with Gasteiger partial charge in [-0.1, -0.05) is 0 Å². The van der Waals surface area contributed by atoms with Gasteiger partial charge >= 0.3 is 0 Å². The molecule has 3 nitrogen and oxygen atoms in total. The molecule has 0 fully saturated rings. The molecule has 4 heteroatoms. The number of benzene rings is 1. The lowest BCUT2D eigenvalue weighted by Gasteiger charge is -2.10. The van der Waals surface area contributed by atoms with Crippen LogP contribution >= 0.6 is 11.3 Å². The van der Waals surface area contributed by atoms with Crippen LogP contribution in [0.3, 0.4) is 0 Å². The maximum absolute atomic E-state index is 5.85. The summed E-state index contributed by atoms with van der Waals surface area (Å²) in [6.07, 6.45) is 0. The average Bonchev–Trinajstić information content (AvgIpc) is 2.72. The molecule has 1 aromatic carbocycles. The Balaban J connectivity index is 2.07. The monoisotopic (exact) mass is 262 g/mol. The van der Waals surface area contributed by atoms with Gasteiger partial charge in [0.05, 0.1) is 6.61 Å². The molecule has 1 aromatic heterocycles.